The first-order chi connectivity index (χ1) is 20.8. The number of hydrogen-bond acceptors (Lipinski definition) is 12. The van der Waals surface area contributed by atoms with Crippen LogP contribution in [0.4, 0.5) is 0 Å². The Kier molecular flexibility index (Phi) is 10.7. The number of hydrogen-bond donors (Lipinski definition) is 0. The van der Waals surface area contributed by atoms with Gasteiger partial charge in [0.15, 0.2) is 0 Å². The molecule has 0 aromatic heterocycles. The van der Waals surface area contributed by atoms with E-state index in [2.05, 4.69) is 0 Å². The highest BCUT2D eigenvalue weighted by Gasteiger charge is 2.37. The molecular formula is C28H26O12S4. The van der Waals surface area contributed by atoms with Gasteiger partial charge < -0.3 is 0 Å². The number of rotatable bonds is 15. The molecule has 4 rings (SSSR count). The van der Waals surface area contributed by atoms with Crippen molar-refractivity contribution in [1.29, 1.82) is 0 Å². The third-order valence-electron chi connectivity index (χ3n) is 5.82. The minimum atomic E-state index is -4.72. The van der Waals surface area contributed by atoms with Crippen LogP contribution in [-0.4, -0.2) is 59.1 Å². The predicted molar refractivity (Wildman–Crippen MR) is 156 cm³/mol. The molecule has 0 radical (unpaired) electrons. The maximum atomic E-state index is 13.2. The molecule has 0 saturated heterocycles. The van der Waals surface area contributed by atoms with E-state index < -0.39 is 65.9 Å². The van der Waals surface area contributed by atoms with E-state index in [1.54, 1.807) is 12.1 Å². The highest BCUT2D eigenvalue weighted by Crippen LogP contribution is 2.24. The van der Waals surface area contributed by atoms with Gasteiger partial charge in [0.25, 0.3) is 40.5 Å². The first kappa shape index (κ1) is 33.4. The fourth-order valence-electron chi connectivity index (χ4n) is 3.63. The van der Waals surface area contributed by atoms with Crippen molar-refractivity contribution >= 4 is 40.5 Å². The van der Waals surface area contributed by atoms with E-state index in [0.717, 1.165) is 0 Å². The van der Waals surface area contributed by atoms with E-state index in [1.165, 1.54) is 109 Å². The average molecular weight is 683 g/mol. The molecule has 0 aliphatic rings. The third kappa shape index (κ3) is 8.80. The van der Waals surface area contributed by atoms with E-state index in [-0.39, 0.29) is 19.6 Å². The Bertz CT molecular complexity index is 1810. The summed E-state index contributed by atoms with van der Waals surface area (Å²) in [5.41, 5.74) is 0. The highest BCUT2D eigenvalue weighted by molar-refractivity contribution is 7.87. The fraction of sp³-hybridized carbons (Fsp3) is 0.143. The molecule has 0 N–H and O–H groups in total. The summed E-state index contributed by atoms with van der Waals surface area (Å²) >= 11 is 0. The van der Waals surface area contributed by atoms with Crippen molar-refractivity contribution in [3.05, 3.63) is 121 Å². The van der Waals surface area contributed by atoms with Crippen LogP contribution in [0.3, 0.4) is 0 Å². The Morgan fingerprint density at radius 1 is 0.364 bits per heavy atom. The Labute approximate surface area is 256 Å². The Morgan fingerprint density at radius 3 is 0.841 bits per heavy atom. The first-order valence-corrected chi connectivity index (χ1v) is 18.3. The maximum absolute atomic E-state index is 13.2. The first-order valence-electron chi connectivity index (χ1n) is 12.7. The van der Waals surface area contributed by atoms with Gasteiger partial charge >= 0.3 is 0 Å². The zero-order valence-corrected chi connectivity index (χ0v) is 25.9. The van der Waals surface area contributed by atoms with Gasteiger partial charge in [-0.25, -0.2) is 0 Å². The lowest BCUT2D eigenvalue weighted by Gasteiger charge is -2.26. The normalized spacial score (nSPS) is 14.1. The Morgan fingerprint density at radius 2 is 0.591 bits per heavy atom. The molecule has 2 atom stereocenters. The summed E-state index contributed by atoms with van der Waals surface area (Å²) in [7, 11) is -18.5. The summed E-state index contributed by atoms with van der Waals surface area (Å²) in [6, 6.07) is 27.0. The molecule has 12 nitrogen and oxygen atoms in total. The van der Waals surface area contributed by atoms with E-state index in [0.29, 0.717) is 0 Å². The van der Waals surface area contributed by atoms with Gasteiger partial charge in [0.1, 0.15) is 12.2 Å². The topological polar surface area (TPSA) is 173 Å². The lowest BCUT2D eigenvalue weighted by atomic mass is 10.2. The van der Waals surface area contributed by atoms with Crippen molar-refractivity contribution in [2.75, 3.05) is 13.2 Å². The van der Waals surface area contributed by atoms with Crippen molar-refractivity contribution in [3.63, 3.8) is 0 Å². The predicted octanol–water partition coefficient (Wildman–Crippen LogP) is 3.35. The molecule has 0 bridgehead atoms. The minimum Gasteiger partial charge on any atom is -0.263 e. The van der Waals surface area contributed by atoms with Crippen LogP contribution in [0.25, 0.3) is 0 Å². The van der Waals surface area contributed by atoms with Crippen LogP contribution >= 0.6 is 0 Å². The van der Waals surface area contributed by atoms with Gasteiger partial charge in [-0.3, -0.25) is 16.7 Å². The van der Waals surface area contributed by atoms with Crippen LogP contribution in [0.5, 0.6) is 0 Å². The van der Waals surface area contributed by atoms with Crippen molar-refractivity contribution in [3.8, 4) is 0 Å². The smallest absolute Gasteiger partial charge is 0.263 e. The van der Waals surface area contributed by atoms with Gasteiger partial charge in [0, 0.05) is 0 Å². The molecular weight excluding hydrogens is 657 g/mol. The molecule has 0 heterocycles. The molecule has 0 saturated carbocycles. The Hall–Kier alpha value is -3.48. The largest absolute Gasteiger partial charge is 0.297 e. The van der Waals surface area contributed by atoms with Gasteiger partial charge in [-0.15, -0.1) is 0 Å². The summed E-state index contributed by atoms with van der Waals surface area (Å²) < 4.78 is 125. The van der Waals surface area contributed by atoms with E-state index in [1.807, 2.05) is 0 Å². The SMILES string of the molecule is O=S(=O)(OCC(OS(=O)(=O)c1ccccc1)C(COS(=O)(=O)c1ccccc1)OS(=O)(=O)c1ccccc1)c1ccccc1. The second-order valence-electron chi connectivity index (χ2n) is 8.91. The van der Waals surface area contributed by atoms with Gasteiger partial charge in [0.05, 0.1) is 32.8 Å². The van der Waals surface area contributed by atoms with Crippen molar-refractivity contribution in [1.82, 2.24) is 0 Å². The lowest BCUT2D eigenvalue weighted by Crippen LogP contribution is -2.42. The molecule has 16 heteroatoms. The van der Waals surface area contributed by atoms with Crippen molar-refractivity contribution < 1.29 is 50.4 Å². The molecule has 2 unspecified atom stereocenters. The zero-order valence-electron chi connectivity index (χ0n) is 22.6. The van der Waals surface area contributed by atoms with Crippen molar-refractivity contribution in [2.45, 2.75) is 31.8 Å². The highest BCUT2D eigenvalue weighted by atomic mass is 32.2. The zero-order chi connectivity index (χ0) is 31.8. The van der Waals surface area contributed by atoms with Crippen LogP contribution in [-0.2, 0) is 57.2 Å². The maximum Gasteiger partial charge on any atom is 0.297 e. The monoisotopic (exact) mass is 682 g/mol. The van der Waals surface area contributed by atoms with E-state index in [4.69, 9.17) is 16.7 Å². The standard InChI is InChI=1S/C28H26O12S4/c29-41(30,23-13-5-1-6-14-23)37-21-27(39-43(33,34)25-17-9-3-10-18-25)28(40-44(35,36)26-19-11-4-12-20-26)22-38-42(31,32)24-15-7-2-8-16-24/h1-20,27-28H,21-22H2. The molecule has 0 amide bonds. The molecule has 4 aromatic carbocycles. The second-order valence-corrected chi connectivity index (χ2v) is 15.3. The molecule has 44 heavy (non-hydrogen) atoms. The van der Waals surface area contributed by atoms with Gasteiger partial charge in [-0.05, 0) is 48.5 Å². The third-order valence-corrected chi connectivity index (χ3v) is 11.1. The van der Waals surface area contributed by atoms with Crippen LogP contribution < -0.4 is 0 Å². The van der Waals surface area contributed by atoms with Crippen LogP contribution in [0, 0.1) is 0 Å². The quantitative estimate of drug-likeness (QED) is 0.168. The van der Waals surface area contributed by atoms with E-state index >= 15 is 0 Å². The number of benzene rings is 4. The summed E-state index contributed by atoms with van der Waals surface area (Å²) in [4.78, 5) is -1.30. The van der Waals surface area contributed by atoms with E-state index in [9.17, 15) is 33.7 Å². The lowest BCUT2D eigenvalue weighted by molar-refractivity contribution is 0.00820. The van der Waals surface area contributed by atoms with Crippen molar-refractivity contribution in [2.24, 2.45) is 0 Å². The van der Waals surface area contributed by atoms with Crippen LogP contribution in [0.15, 0.2) is 141 Å². The summed E-state index contributed by atoms with van der Waals surface area (Å²) in [6.45, 7) is -2.24. The van der Waals surface area contributed by atoms with Crippen LogP contribution in [0.1, 0.15) is 0 Å². The molecule has 0 aliphatic carbocycles. The Balaban J connectivity index is 1.73. The summed E-state index contributed by atoms with van der Waals surface area (Å²) in [5.74, 6) is 0. The van der Waals surface area contributed by atoms with Gasteiger partial charge in [-0.2, -0.15) is 33.7 Å². The molecule has 4 aromatic rings. The van der Waals surface area contributed by atoms with Crippen LogP contribution in [0.2, 0.25) is 0 Å². The minimum absolute atomic E-state index is 0.290. The fourth-order valence-corrected chi connectivity index (χ4v) is 7.72. The molecule has 0 spiro atoms. The summed E-state index contributed by atoms with van der Waals surface area (Å²) in [6.07, 6.45) is -4.13. The second kappa shape index (κ2) is 14.1. The van der Waals surface area contributed by atoms with Gasteiger partial charge in [-0.1, -0.05) is 72.8 Å². The molecule has 0 fully saturated rings. The molecule has 0 aliphatic heterocycles. The molecule has 234 valence electrons. The van der Waals surface area contributed by atoms with Gasteiger partial charge in [0.2, 0.25) is 0 Å². The average Bonchev–Trinajstić information content (AvgIpc) is 3.03. The summed E-state index contributed by atoms with van der Waals surface area (Å²) in [5, 5.41) is 0.